The van der Waals surface area contributed by atoms with Gasteiger partial charge in [-0.2, -0.15) is 0 Å². The molecule has 0 saturated carbocycles. The first-order chi connectivity index (χ1) is 15.1. The third kappa shape index (κ3) is 4.43. The molecule has 31 heavy (non-hydrogen) atoms. The van der Waals surface area contributed by atoms with E-state index in [-0.39, 0.29) is 12.4 Å². The summed E-state index contributed by atoms with van der Waals surface area (Å²) in [5.41, 5.74) is 1.65. The van der Waals surface area contributed by atoms with Gasteiger partial charge in [0, 0.05) is 17.0 Å². The van der Waals surface area contributed by atoms with E-state index in [0.29, 0.717) is 34.0 Å². The van der Waals surface area contributed by atoms with Gasteiger partial charge < -0.3 is 18.6 Å². The highest BCUT2D eigenvalue weighted by atomic mass is 16.5. The number of carbonyl (C=O) groups excluding carboxylic acids is 1. The molecule has 1 heterocycles. The molecular formula is C25H20O6. The highest BCUT2D eigenvalue weighted by Crippen LogP contribution is 2.26. The van der Waals surface area contributed by atoms with Gasteiger partial charge in [-0.15, -0.1) is 0 Å². The second-order valence-corrected chi connectivity index (χ2v) is 6.82. The minimum absolute atomic E-state index is 0.133. The van der Waals surface area contributed by atoms with Crippen LogP contribution in [0.4, 0.5) is 0 Å². The second kappa shape index (κ2) is 8.75. The van der Waals surface area contributed by atoms with E-state index in [1.54, 1.807) is 87.0 Å². The molecule has 0 aliphatic heterocycles. The fourth-order valence-corrected chi connectivity index (χ4v) is 3.16. The SMILES string of the molecule is COc1ccc(C(=O)COc2ccc3cc(-c4ccc(OC)cc4)c(=O)oc3c2)cc1. The quantitative estimate of drug-likeness (QED) is 0.320. The first kappa shape index (κ1) is 20.2. The number of benzene rings is 3. The number of rotatable bonds is 7. The molecule has 0 N–H and O–H groups in total. The van der Waals surface area contributed by atoms with Crippen LogP contribution in [0.25, 0.3) is 22.1 Å². The molecule has 6 heteroatoms. The zero-order chi connectivity index (χ0) is 21.8. The van der Waals surface area contributed by atoms with Gasteiger partial charge in [0.25, 0.3) is 0 Å². The van der Waals surface area contributed by atoms with E-state index in [2.05, 4.69) is 0 Å². The van der Waals surface area contributed by atoms with Crippen LogP contribution in [-0.4, -0.2) is 26.6 Å². The topological polar surface area (TPSA) is 75.0 Å². The van der Waals surface area contributed by atoms with E-state index < -0.39 is 5.63 Å². The van der Waals surface area contributed by atoms with Crippen molar-refractivity contribution in [1.29, 1.82) is 0 Å². The smallest absolute Gasteiger partial charge is 0.344 e. The number of hydrogen-bond acceptors (Lipinski definition) is 6. The number of ketones is 1. The van der Waals surface area contributed by atoms with Crippen molar-refractivity contribution in [2.24, 2.45) is 0 Å². The summed E-state index contributed by atoms with van der Waals surface area (Å²) in [7, 11) is 3.15. The minimum atomic E-state index is -0.455. The van der Waals surface area contributed by atoms with E-state index in [9.17, 15) is 9.59 Å². The molecule has 0 saturated heterocycles. The Morgan fingerprint density at radius 3 is 2.06 bits per heavy atom. The molecule has 156 valence electrons. The molecule has 4 rings (SSSR count). The van der Waals surface area contributed by atoms with Gasteiger partial charge in [0.15, 0.2) is 12.4 Å². The minimum Gasteiger partial charge on any atom is -0.497 e. The average molecular weight is 416 g/mol. The largest absolute Gasteiger partial charge is 0.497 e. The van der Waals surface area contributed by atoms with Crippen molar-refractivity contribution >= 4 is 16.8 Å². The van der Waals surface area contributed by atoms with Crippen molar-refractivity contribution < 1.29 is 23.4 Å². The molecule has 0 spiro atoms. The summed E-state index contributed by atoms with van der Waals surface area (Å²) in [4.78, 5) is 24.8. The monoisotopic (exact) mass is 416 g/mol. The van der Waals surface area contributed by atoms with Gasteiger partial charge in [0.2, 0.25) is 0 Å². The van der Waals surface area contributed by atoms with Crippen LogP contribution in [-0.2, 0) is 0 Å². The van der Waals surface area contributed by atoms with Crippen molar-refractivity contribution in [2.45, 2.75) is 0 Å². The van der Waals surface area contributed by atoms with Crippen LogP contribution < -0.4 is 19.8 Å². The number of methoxy groups -OCH3 is 2. The van der Waals surface area contributed by atoms with Gasteiger partial charge in [0.1, 0.15) is 22.8 Å². The Morgan fingerprint density at radius 1 is 0.806 bits per heavy atom. The Bertz CT molecular complexity index is 1270. The summed E-state index contributed by atoms with van der Waals surface area (Å²) in [5, 5.41) is 0.749. The maximum Gasteiger partial charge on any atom is 0.344 e. The van der Waals surface area contributed by atoms with Gasteiger partial charge in [-0.3, -0.25) is 4.79 Å². The molecule has 1 aromatic heterocycles. The van der Waals surface area contributed by atoms with Crippen LogP contribution >= 0.6 is 0 Å². The highest BCUT2D eigenvalue weighted by molar-refractivity contribution is 5.97. The molecule has 0 bridgehead atoms. The lowest BCUT2D eigenvalue weighted by Crippen LogP contribution is -2.11. The van der Waals surface area contributed by atoms with Gasteiger partial charge in [-0.1, -0.05) is 12.1 Å². The molecule has 0 aliphatic carbocycles. The fraction of sp³-hybridized carbons (Fsp3) is 0.120. The van der Waals surface area contributed by atoms with Gasteiger partial charge in [0.05, 0.1) is 19.8 Å². The maximum absolute atomic E-state index is 12.5. The lowest BCUT2D eigenvalue weighted by molar-refractivity contribution is 0.0921. The maximum atomic E-state index is 12.5. The van der Waals surface area contributed by atoms with E-state index >= 15 is 0 Å². The summed E-state index contributed by atoms with van der Waals surface area (Å²) >= 11 is 0. The number of hydrogen-bond donors (Lipinski definition) is 0. The van der Waals surface area contributed by atoms with Crippen LogP contribution in [0.3, 0.4) is 0 Å². The zero-order valence-electron chi connectivity index (χ0n) is 17.1. The fourth-order valence-electron chi connectivity index (χ4n) is 3.16. The van der Waals surface area contributed by atoms with Crippen molar-refractivity contribution in [3.05, 3.63) is 88.8 Å². The number of carbonyl (C=O) groups is 1. The predicted octanol–water partition coefficient (Wildman–Crippen LogP) is 4.74. The Kier molecular flexibility index (Phi) is 5.71. The van der Waals surface area contributed by atoms with Crippen molar-refractivity contribution in [2.75, 3.05) is 20.8 Å². The molecule has 4 aromatic rings. The van der Waals surface area contributed by atoms with Crippen molar-refractivity contribution in [3.63, 3.8) is 0 Å². The van der Waals surface area contributed by atoms with Gasteiger partial charge >= 0.3 is 5.63 Å². The normalized spacial score (nSPS) is 10.6. The zero-order valence-corrected chi connectivity index (χ0v) is 17.1. The van der Waals surface area contributed by atoms with Crippen LogP contribution in [0.1, 0.15) is 10.4 Å². The molecule has 0 fully saturated rings. The molecule has 0 aliphatic rings. The highest BCUT2D eigenvalue weighted by Gasteiger charge is 2.11. The average Bonchev–Trinajstić information content (AvgIpc) is 2.82. The summed E-state index contributed by atoms with van der Waals surface area (Å²) in [5.74, 6) is 1.66. The van der Waals surface area contributed by atoms with Crippen molar-refractivity contribution in [1.82, 2.24) is 0 Å². The third-order valence-corrected chi connectivity index (χ3v) is 4.89. The Morgan fingerprint density at radius 2 is 1.42 bits per heavy atom. The van der Waals surface area contributed by atoms with Gasteiger partial charge in [-0.05, 0) is 60.2 Å². The standard InChI is InChI=1S/C25H20O6/c1-28-19-8-3-16(4-9-19)22-13-18-7-12-21(14-24(18)31-25(22)27)30-15-23(26)17-5-10-20(29-2)11-6-17/h3-14H,15H2,1-2H3. The van der Waals surface area contributed by atoms with E-state index in [1.165, 1.54) is 0 Å². The summed E-state index contributed by atoms with van der Waals surface area (Å²) < 4.78 is 21.3. The Balaban J connectivity index is 1.52. The molecule has 0 atom stereocenters. The molecule has 6 nitrogen and oxygen atoms in total. The van der Waals surface area contributed by atoms with Crippen LogP contribution in [0.5, 0.6) is 17.2 Å². The number of Topliss-reactive ketones (excluding diaryl/α,β-unsaturated/α-hetero) is 1. The number of fused-ring (bicyclic) bond motifs is 1. The van der Waals surface area contributed by atoms with E-state index in [4.69, 9.17) is 18.6 Å². The lowest BCUT2D eigenvalue weighted by Gasteiger charge is -2.08. The lowest BCUT2D eigenvalue weighted by atomic mass is 10.1. The Labute approximate surface area is 178 Å². The molecular weight excluding hydrogens is 396 g/mol. The van der Waals surface area contributed by atoms with Gasteiger partial charge in [-0.25, -0.2) is 4.79 Å². The summed E-state index contributed by atoms with van der Waals surface area (Å²) in [6.07, 6.45) is 0. The van der Waals surface area contributed by atoms with Crippen LogP contribution in [0, 0.1) is 0 Å². The molecule has 0 radical (unpaired) electrons. The predicted molar refractivity (Wildman–Crippen MR) is 117 cm³/mol. The first-order valence-electron chi connectivity index (χ1n) is 9.60. The van der Waals surface area contributed by atoms with Crippen molar-refractivity contribution in [3.8, 4) is 28.4 Å². The number of ether oxygens (including phenoxy) is 3. The summed E-state index contributed by atoms with van der Waals surface area (Å²) in [6.45, 7) is -0.133. The van der Waals surface area contributed by atoms with E-state index in [0.717, 1.165) is 10.9 Å². The van der Waals surface area contributed by atoms with E-state index in [1.807, 2.05) is 0 Å². The molecule has 0 unspecified atom stereocenters. The summed E-state index contributed by atoms with van der Waals surface area (Å²) in [6, 6.07) is 20.9. The molecule has 3 aromatic carbocycles. The third-order valence-electron chi connectivity index (χ3n) is 4.89. The van der Waals surface area contributed by atoms with Crippen LogP contribution in [0.2, 0.25) is 0 Å². The Hall–Kier alpha value is -4.06. The first-order valence-corrected chi connectivity index (χ1v) is 9.60. The second-order valence-electron chi connectivity index (χ2n) is 6.82. The molecule has 0 amide bonds. The van der Waals surface area contributed by atoms with Crippen LogP contribution in [0.15, 0.2) is 82.0 Å².